The SMILES string of the molecule is CCOc1cc2c(cc1C=CC(=O)NC)OC(C)C2. The molecule has 4 heteroatoms. The standard InChI is InChI=1S/C15H19NO3/c1-4-18-13-9-12-7-10(2)19-14(12)8-11(13)5-6-15(17)16-3/h5-6,8-10H,4,7H2,1-3H3,(H,16,17). The van der Waals surface area contributed by atoms with Crippen LogP contribution in [-0.2, 0) is 11.2 Å². The molecule has 0 aromatic heterocycles. The van der Waals surface area contributed by atoms with Crippen LogP contribution < -0.4 is 14.8 Å². The van der Waals surface area contributed by atoms with E-state index >= 15 is 0 Å². The van der Waals surface area contributed by atoms with Crippen molar-refractivity contribution in [3.8, 4) is 11.5 Å². The van der Waals surface area contributed by atoms with E-state index in [-0.39, 0.29) is 12.0 Å². The highest BCUT2D eigenvalue weighted by Gasteiger charge is 2.21. The Morgan fingerprint density at radius 3 is 3.05 bits per heavy atom. The number of rotatable bonds is 4. The van der Waals surface area contributed by atoms with Crippen LogP contribution in [0.3, 0.4) is 0 Å². The summed E-state index contributed by atoms with van der Waals surface area (Å²) in [6.45, 7) is 4.58. The molecule has 1 aliphatic heterocycles. The maximum Gasteiger partial charge on any atom is 0.243 e. The zero-order valence-corrected chi connectivity index (χ0v) is 11.5. The number of amides is 1. The summed E-state index contributed by atoms with van der Waals surface area (Å²) in [6, 6.07) is 3.94. The Balaban J connectivity index is 2.33. The highest BCUT2D eigenvalue weighted by Crippen LogP contribution is 2.35. The Hall–Kier alpha value is -1.97. The first-order valence-electron chi connectivity index (χ1n) is 6.50. The van der Waals surface area contributed by atoms with Crippen molar-refractivity contribution in [2.24, 2.45) is 0 Å². The number of hydrogen-bond acceptors (Lipinski definition) is 3. The molecule has 1 aromatic rings. The van der Waals surface area contributed by atoms with Crippen molar-refractivity contribution in [1.82, 2.24) is 5.32 Å². The van der Waals surface area contributed by atoms with Gasteiger partial charge in [0.25, 0.3) is 0 Å². The van der Waals surface area contributed by atoms with Gasteiger partial charge in [0.2, 0.25) is 5.91 Å². The summed E-state index contributed by atoms with van der Waals surface area (Å²) < 4.78 is 11.3. The van der Waals surface area contributed by atoms with Crippen LogP contribution in [-0.4, -0.2) is 25.7 Å². The largest absolute Gasteiger partial charge is 0.493 e. The van der Waals surface area contributed by atoms with Crippen LogP contribution >= 0.6 is 0 Å². The Bertz CT molecular complexity index is 508. The molecule has 0 saturated carbocycles. The molecule has 0 radical (unpaired) electrons. The molecule has 0 bridgehead atoms. The first-order chi connectivity index (χ1) is 9.13. The zero-order chi connectivity index (χ0) is 13.8. The lowest BCUT2D eigenvalue weighted by Gasteiger charge is -2.09. The molecular formula is C15H19NO3. The number of nitrogens with one attached hydrogen (secondary N) is 1. The molecular weight excluding hydrogens is 242 g/mol. The number of hydrogen-bond donors (Lipinski definition) is 1. The Kier molecular flexibility index (Phi) is 4.10. The summed E-state index contributed by atoms with van der Waals surface area (Å²) in [5.74, 6) is 1.53. The normalized spacial score (nSPS) is 17.1. The third-order valence-electron chi connectivity index (χ3n) is 2.99. The fourth-order valence-electron chi connectivity index (χ4n) is 2.11. The molecule has 0 aliphatic carbocycles. The van der Waals surface area contributed by atoms with Crippen LogP contribution in [0.1, 0.15) is 25.0 Å². The lowest BCUT2D eigenvalue weighted by molar-refractivity contribution is -0.115. The summed E-state index contributed by atoms with van der Waals surface area (Å²) >= 11 is 0. The van der Waals surface area contributed by atoms with Crippen molar-refractivity contribution in [2.75, 3.05) is 13.7 Å². The molecule has 0 fully saturated rings. The van der Waals surface area contributed by atoms with Crippen LogP contribution in [0, 0.1) is 0 Å². The Morgan fingerprint density at radius 2 is 2.37 bits per heavy atom. The van der Waals surface area contributed by atoms with Crippen LogP contribution in [0.5, 0.6) is 11.5 Å². The van der Waals surface area contributed by atoms with E-state index in [0.29, 0.717) is 6.61 Å². The number of carbonyl (C=O) groups excluding carboxylic acids is 1. The molecule has 1 aromatic carbocycles. The molecule has 19 heavy (non-hydrogen) atoms. The maximum atomic E-state index is 11.3. The monoisotopic (exact) mass is 261 g/mol. The summed E-state index contributed by atoms with van der Waals surface area (Å²) in [5, 5.41) is 2.55. The van der Waals surface area contributed by atoms with Crippen molar-refractivity contribution in [3.05, 3.63) is 29.3 Å². The van der Waals surface area contributed by atoms with Gasteiger partial charge in [-0.05, 0) is 32.1 Å². The van der Waals surface area contributed by atoms with Gasteiger partial charge in [-0.15, -0.1) is 0 Å². The van der Waals surface area contributed by atoms with Crippen molar-refractivity contribution in [2.45, 2.75) is 26.4 Å². The van der Waals surface area contributed by atoms with Crippen molar-refractivity contribution in [1.29, 1.82) is 0 Å². The van der Waals surface area contributed by atoms with E-state index in [2.05, 4.69) is 5.32 Å². The van der Waals surface area contributed by atoms with Crippen molar-refractivity contribution in [3.63, 3.8) is 0 Å². The van der Waals surface area contributed by atoms with Crippen LogP contribution in [0.15, 0.2) is 18.2 Å². The summed E-state index contributed by atoms with van der Waals surface area (Å²) in [5.41, 5.74) is 2.02. The van der Waals surface area contributed by atoms with Gasteiger partial charge in [0, 0.05) is 30.7 Å². The summed E-state index contributed by atoms with van der Waals surface area (Å²) in [7, 11) is 1.60. The van der Waals surface area contributed by atoms with Crippen LogP contribution in [0.25, 0.3) is 6.08 Å². The predicted molar refractivity (Wildman–Crippen MR) is 74.5 cm³/mol. The molecule has 1 unspecified atom stereocenters. The van der Waals surface area contributed by atoms with Gasteiger partial charge in [0.15, 0.2) is 0 Å². The molecule has 1 N–H and O–H groups in total. The van der Waals surface area contributed by atoms with Crippen molar-refractivity contribution < 1.29 is 14.3 Å². The molecule has 1 atom stereocenters. The number of likely N-dealkylation sites (N-methyl/N-ethyl adjacent to an activating group) is 1. The second kappa shape index (κ2) is 5.78. The lowest BCUT2D eigenvalue weighted by Crippen LogP contribution is -2.13. The minimum absolute atomic E-state index is 0.141. The second-order valence-corrected chi connectivity index (χ2v) is 4.51. The Labute approximate surface area is 113 Å². The van der Waals surface area contributed by atoms with Crippen LogP contribution in [0.4, 0.5) is 0 Å². The van der Waals surface area contributed by atoms with E-state index in [0.717, 1.165) is 29.0 Å². The van der Waals surface area contributed by atoms with Gasteiger partial charge in [-0.25, -0.2) is 0 Å². The minimum atomic E-state index is -0.141. The first-order valence-corrected chi connectivity index (χ1v) is 6.50. The highest BCUT2D eigenvalue weighted by molar-refractivity contribution is 5.92. The average Bonchev–Trinajstić information content (AvgIpc) is 2.75. The molecule has 1 heterocycles. The molecule has 102 valence electrons. The van der Waals surface area contributed by atoms with Gasteiger partial charge in [-0.1, -0.05) is 0 Å². The van der Waals surface area contributed by atoms with E-state index in [9.17, 15) is 4.79 Å². The van der Waals surface area contributed by atoms with Crippen molar-refractivity contribution >= 4 is 12.0 Å². The zero-order valence-electron chi connectivity index (χ0n) is 11.5. The predicted octanol–water partition coefficient (Wildman–Crippen LogP) is 2.17. The van der Waals surface area contributed by atoms with Gasteiger partial charge < -0.3 is 14.8 Å². The lowest BCUT2D eigenvalue weighted by atomic mass is 10.1. The van der Waals surface area contributed by atoms with E-state index < -0.39 is 0 Å². The van der Waals surface area contributed by atoms with Gasteiger partial charge in [0.05, 0.1) is 6.61 Å². The quantitative estimate of drug-likeness (QED) is 0.845. The molecule has 2 rings (SSSR count). The van der Waals surface area contributed by atoms with E-state index in [1.165, 1.54) is 6.08 Å². The average molecular weight is 261 g/mol. The van der Waals surface area contributed by atoms with Gasteiger partial charge in [-0.3, -0.25) is 4.79 Å². The number of ether oxygens (including phenoxy) is 2. The van der Waals surface area contributed by atoms with Crippen LogP contribution in [0.2, 0.25) is 0 Å². The third-order valence-corrected chi connectivity index (χ3v) is 2.99. The second-order valence-electron chi connectivity index (χ2n) is 4.51. The minimum Gasteiger partial charge on any atom is -0.493 e. The topological polar surface area (TPSA) is 47.6 Å². The summed E-state index contributed by atoms with van der Waals surface area (Å²) in [6.07, 6.45) is 4.33. The van der Waals surface area contributed by atoms with Gasteiger partial charge in [0.1, 0.15) is 17.6 Å². The number of fused-ring (bicyclic) bond motifs is 1. The Morgan fingerprint density at radius 1 is 1.58 bits per heavy atom. The summed E-state index contributed by atoms with van der Waals surface area (Å²) in [4.78, 5) is 11.3. The number of carbonyl (C=O) groups is 1. The smallest absolute Gasteiger partial charge is 0.243 e. The molecule has 1 amide bonds. The van der Waals surface area contributed by atoms with E-state index in [4.69, 9.17) is 9.47 Å². The van der Waals surface area contributed by atoms with Gasteiger partial charge >= 0.3 is 0 Å². The fraction of sp³-hybridized carbons (Fsp3) is 0.400. The van der Waals surface area contributed by atoms with E-state index in [1.54, 1.807) is 13.1 Å². The molecule has 4 nitrogen and oxygen atoms in total. The third kappa shape index (κ3) is 3.08. The van der Waals surface area contributed by atoms with Gasteiger partial charge in [-0.2, -0.15) is 0 Å². The molecule has 1 aliphatic rings. The van der Waals surface area contributed by atoms with E-state index in [1.807, 2.05) is 26.0 Å². The molecule has 0 spiro atoms. The maximum absolute atomic E-state index is 11.3. The molecule has 0 saturated heterocycles. The fourth-order valence-corrected chi connectivity index (χ4v) is 2.11. The first kappa shape index (κ1) is 13.5. The highest BCUT2D eigenvalue weighted by atomic mass is 16.5. The number of benzene rings is 1.